The van der Waals surface area contributed by atoms with E-state index in [-0.39, 0.29) is 17.9 Å². The first-order valence-corrected chi connectivity index (χ1v) is 8.96. The Balaban J connectivity index is 2.02. The molecule has 6 heteroatoms. The van der Waals surface area contributed by atoms with E-state index in [2.05, 4.69) is 0 Å². The number of nitrogens with zero attached hydrogens (tertiary/aromatic N) is 1. The molecule has 2 aromatic rings. The molecule has 0 aromatic heterocycles. The zero-order valence-electron chi connectivity index (χ0n) is 14.0. The first kappa shape index (κ1) is 18.1. The maximum atomic E-state index is 12.5. The van der Waals surface area contributed by atoms with Crippen molar-refractivity contribution in [1.29, 1.82) is 0 Å². The van der Waals surface area contributed by atoms with E-state index < -0.39 is 16.6 Å². The molecule has 0 atom stereocenters. The summed E-state index contributed by atoms with van der Waals surface area (Å²) in [4.78, 5) is 47.6. The van der Waals surface area contributed by atoms with Crippen LogP contribution in [0.2, 0.25) is 0 Å². The Bertz CT molecular complexity index is 794. The number of Topliss-reactive ketones (excluding diaryl/α,β-unsaturated/α-hetero) is 1. The van der Waals surface area contributed by atoms with Gasteiger partial charge in [0.05, 0.1) is 6.54 Å². The summed E-state index contributed by atoms with van der Waals surface area (Å²) < 4.78 is 0. The van der Waals surface area contributed by atoms with Crippen LogP contribution in [0.3, 0.4) is 0 Å². The number of carbonyl (C=O) groups is 4. The molecule has 2 aromatic carbocycles. The molecule has 0 unspecified atom stereocenters. The number of ketones is 1. The highest BCUT2D eigenvalue weighted by Crippen LogP contribution is 2.42. The number of hydrogen-bond donors (Lipinski definition) is 0. The quantitative estimate of drug-likeness (QED) is 0.444. The van der Waals surface area contributed by atoms with E-state index in [1.807, 2.05) is 60.7 Å². The summed E-state index contributed by atoms with van der Waals surface area (Å²) in [6.45, 7) is -0.178. The first-order chi connectivity index (χ1) is 12.5. The van der Waals surface area contributed by atoms with Crippen LogP contribution in [-0.4, -0.2) is 39.4 Å². The molecule has 1 heterocycles. The summed E-state index contributed by atoms with van der Waals surface area (Å²) in [5, 5.41) is -0.191. The Hall–Kier alpha value is -2.73. The zero-order valence-corrected chi connectivity index (χ0v) is 14.8. The number of benzene rings is 2. The molecule has 0 radical (unpaired) electrons. The second-order valence-corrected chi connectivity index (χ2v) is 7.54. The smallest absolute Gasteiger partial charge is 0.299 e. The third-order valence-corrected chi connectivity index (χ3v) is 5.54. The van der Waals surface area contributed by atoms with E-state index in [0.717, 1.165) is 22.9 Å². The van der Waals surface area contributed by atoms with Gasteiger partial charge in [0.15, 0.2) is 6.29 Å². The summed E-state index contributed by atoms with van der Waals surface area (Å²) in [6.07, 6.45) is 0.805. The van der Waals surface area contributed by atoms with Crippen LogP contribution >= 0.6 is 11.8 Å². The number of carbonyl (C=O) groups excluding carboxylic acids is 4. The van der Waals surface area contributed by atoms with Gasteiger partial charge in [-0.2, -0.15) is 0 Å². The summed E-state index contributed by atoms with van der Waals surface area (Å²) in [7, 11) is 0. The van der Waals surface area contributed by atoms with Gasteiger partial charge >= 0.3 is 0 Å². The molecule has 132 valence electrons. The molecule has 5 nitrogen and oxygen atoms in total. The van der Waals surface area contributed by atoms with Crippen LogP contribution in [0, 0.1) is 0 Å². The highest BCUT2D eigenvalue weighted by atomic mass is 32.2. The standard InChI is InChI=1S/C20H17NO4S/c22-14-17(23)19(25)21-13-18(24)26-20(21,11-15-7-3-1-4-8-15)12-16-9-5-2-6-10-16/h1-10,14H,11-13H2. The maximum Gasteiger partial charge on any atom is 0.299 e. The number of hydrogen-bond acceptors (Lipinski definition) is 5. The van der Waals surface area contributed by atoms with Gasteiger partial charge in [-0.25, -0.2) is 0 Å². The number of rotatable bonds is 6. The second-order valence-electron chi connectivity index (χ2n) is 6.12. The van der Waals surface area contributed by atoms with Gasteiger partial charge in [-0.1, -0.05) is 72.4 Å². The Labute approximate surface area is 155 Å². The van der Waals surface area contributed by atoms with Crippen LogP contribution in [0.25, 0.3) is 0 Å². The SMILES string of the molecule is O=CC(=O)C(=O)N1CC(=O)SC1(Cc1ccccc1)Cc1ccccc1. The van der Waals surface area contributed by atoms with Crippen LogP contribution < -0.4 is 0 Å². The monoisotopic (exact) mass is 367 g/mol. The van der Waals surface area contributed by atoms with Gasteiger partial charge in [0.2, 0.25) is 5.12 Å². The molecule has 1 aliphatic heterocycles. The van der Waals surface area contributed by atoms with Crippen molar-refractivity contribution < 1.29 is 19.2 Å². The van der Waals surface area contributed by atoms with Crippen LogP contribution in [0.1, 0.15) is 11.1 Å². The molecule has 3 rings (SSSR count). The van der Waals surface area contributed by atoms with Gasteiger partial charge < -0.3 is 4.90 Å². The van der Waals surface area contributed by atoms with Gasteiger partial charge in [-0.3, -0.25) is 19.2 Å². The highest BCUT2D eigenvalue weighted by molar-refractivity contribution is 8.15. The van der Waals surface area contributed by atoms with E-state index in [9.17, 15) is 19.2 Å². The molecule has 1 aliphatic rings. The molecule has 26 heavy (non-hydrogen) atoms. The number of amides is 1. The molecule has 0 aliphatic carbocycles. The Kier molecular flexibility index (Phi) is 5.32. The first-order valence-electron chi connectivity index (χ1n) is 8.15. The Morgan fingerprint density at radius 2 is 1.46 bits per heavy atom. The van der Waals surface area contributed by atoms with Gasteiger partial charge in [0.1, 0.15) is 4.87 Å². The minimum atomic E-state index is -1.13. The molecule has 0 spiro atoms. The maximum absolute atomic E-state index is 12.5. The fourth-order valence-corrected chi connectivity index (χ4v) is 4.52. The van der Waals surface area contributed by atoms with E-state index in [1.54, 1.807) is 0 Å². The molecule has 1 fully saturated rings. The van der Waals surface area contributed by atoms with E-state index in [0.29, 0.717) is 12.8 Å². The fraction of sp³-hybridized carbons (Fsp3) is 0.200. The van der Waals surface area contributed by atoms with Crippen molar-refractivity contribution in [3.05, 3.63) is 71.8 Å². The van der Waals surface area contributed by atoms with Crippen molar-refractivity contribution >= 4 is 34.9 Å². The van der Waals surface area contributed by atoms with E-state index >= 15 is 0 Å². The van der Waals surface area contributed by atoms with Gasteiger partial charge in [0, 0.05) is 12.8 Å². The fourth-order valence-electron chi connectivity index (χ4n) is 3.17. The highest BCUT2D eigenvalue weighted by Gasteiger charge is 2.49. The summed E-state index contributed by atoms with van der Waals surface area (Å²) >= 11 is 1.07. The largest absolute Gasteiger partial charge is 0.312 e. The van der Waals surface area contributed by atoms with Crippen LogP contribution in [0.5, 0.6) is 0 Å². The topological polar surface area (TPSA) is 71.5 Å². The summed E-state index contributed by atoms with van der Waals surface area (Å²) in [5.74, 6) is -2.06. The van der Waals surface area contributed by atoms with Crippen molar-refractivity contribution in [3.8, 4) is 0 Å². The Morgan fingerprint density at radius 3 is 1.92 bits per heavy atom. The van der Waals surface area contributed by atoms with Crippen molar-refractivity contribution in [2.24, 2.45) is 0 Å². The predicted octanol–water partition coefficient (Wildman–Crippen LogP) is 2.04. The van der Waals surface area contributed by atoms with Crippen molar-refractivity contribution in [2.75, 3.05) is 6.54 Å². The van der Waals surface area contributed by atoms with E-state index in [4.69, 9.17) is 0 Å². The zero-order chi connectivity index (χ0) is 18.6. The molecule has 0 N–H and O–H groups in total. The van der Waals surface area contributed by atoms with Gasteiger partial charge in [-0.15, -0.1) is 0 Å². The normalized spacial score (nSPS) is 15.7. The average molecular weight is 367 g/mol. The third kappa shape index (κ3) is 3.75. The lowest BCUT2D eigenvalue weighted by Gasteiger charge is -2.36. The van der Waals surface area contributed by atoms with Crippen molar-refractivity contribution in [3.63, 3.8) is 0 Å². The van der Waals surface area contributed by atoms with Crippen molar-refractivity contribution in [2.45, 2.75) is 17.7 Å². The second kappa shape index (κ2) is 7.66. The molecule has 0 bridgehead atoms. The van der Waals surface area contributed by atoms with Gasteiger partial charge in [-0.05, 0) is 11.1 Å². The minimum absolute atomic E-state index is 0.00555. The molecule has 1 amide bonds. The molecular formula is C20H17NO4S. The van der Waals surface area contributed by atoms with Crippen LogP contribution in [-0.2, 0) is 32.0 Å². The Morgan fingerprint density at radius 1 is 0.962 bits per heavy atom. The van der Waals surface area contributed by atoms with Crippen molar-refractivity contribution in [1.82, 2.24) is 4.90 Å². The molecule has 1 saturated heterocycles. The predicted molar refractivity (Wildman–Crippen MR) is 98.4 cm³/mol. The number of aldehydes is 1. The lowest BCUT2D eigenvalue weighted by molar-refractivity contribution is -0.148. The molecular weight excluding hydrogens is 350 g/mol. The minimum Gasteiger partial charge on any atom is -0.312 e. The van der Waals surface area contributed by atoms with Crippen LogP contribution in [0.4, 0.5) is 0 Å². The molecule has 0 saturated carbocycles. The third-order valence-electron chi connectivity index (χ3n) is 4.29. The lowest BCUT2D eigenvalue weighted by Crippen LogP contribution is -2.51. The summed E-state index contributed by atoms with van der Waals surface area (Å²) in [6, 6.07) is 19.0. The lowest BCUT2D eigenvalue weighted by atomic mass is 9.96. The van der Waals surface area contributed by atoms with Crippen LogP contribution in [0.15, 0.2) is 60.7 Å². The van der Waals surface area contributed by atoms with E-state index in [1.165, 1.54) is 4.90 Å². The average Bonchev–Trinajstić information content (AvgIpc) is 2.97. The number of thioether (sulfide) groups is 1. The van der Waals surface area contributed by atoms with Gasteiger partial charge in [0.25, 0.3) is 11.7 Å². The summed E-state index contributed by atoms with van der Waals surface area (Å²) in [5.41, 5.74) is 1.89.